The highest BCUT2D eigenvalue weighted by Crippen LogP contribution is 2.24. The first-order valence-corrected chi connectivity index (χ1v) is 9.93. The fourth-order valence-corrected chi connectivity index (χ4v) is 3.92. The number of hydrogen-bond donors (Lipinski definition) is 2. The van der Waals surface area contributed by atoms with Crippen LogP contribution < -0.4 is 5.32 Å². The maximum Gasteiger partial charge on any atom is 0.306 e. The van der Waals surface area contributed by atoms with E-state index in [1.807, 2.05) is 35.1 Å². The Kier molecular flexibility index (Phi) is 5.63. The summed E-state index contributed by atoms with van der Waals surface area (Å²) < 4.78 is 1.98. The largest absolute Gasteiger partial charge is 0.481 e. The number of hydrogen-bond acceptors (Lipinski definition) is 4. The van der Waals surface area contributed by atoms with Crippen molar-refractivity contribution in [1.82, 2.24) is 14.9 Å². The van der Waals surface area contributed by atoms with E-state index in [0.717, 1.165) is 35.5 Å². The summed E-state index contributed by atoms with van der Waals surface area (Å²) >= 11 is 1.68. The number of para-hydroxylation sites is 2. The lowest BCUT2D eigenvalue weighted by atomic mass is 9.86. The van der Waals surface area contributed by atoms with Gasteiger partial charge < -0.3 is 15.0 Å². The molecule has 1 heterocycles. The van der Waals surface area contributed by atoms with Crippen LogP contribution in [-0.2, 0) is 21.9 Å². The Hall–Kier alpha value is -2.02. The fourth-order valence-electron chi connectivity index (χ4n) is 3.44. The molecule has 0 atom stereocenters. The topological polar surface area (TPSA) is 84.2 Å². The molecule has 2 N–H and O–H groups in total. The molecule has 1 saturated carbocycles. The summed E-state index contributed by atoms with van der Waals surface area (Å²) in [5.74, 6) is 0.629. The van der Waals surface area contributed by atoms with E-state index in [9.17, 15) is 9.59 Å². The van der Waals surface area contributed by atoms with Crippen LogP contribution in [-0.4, -0.2) is 38.8 Å². The van der Waals surface area contributed by atoms with E-state index < -0.39 is 5.97 Å². The van der Waals surface area contributed by atoms with Gasteiger partial charge in [0.15, 0.2) is 0 Å². The van der Waals surface area contributed by atoms with Gasteiger partial charge in [0.25, 0.3) is 0 Å². The number of nitrogens with zero attached hydrogens (tertiary/aromatic N) is 2. The number of carbonyl (C=O) groups is 2. The molecule has 1 amide bonds. The number of benzene rings is 1. The number of nitrogens with one attached hydrogen (secondary N) is 1. The minimum Gasteiger partial charge on any atom is -0.481 e. The van der Waals surface area contributed by atoms with E-state index in [1.165, 1.54) is 0 Å². The van der Waals surface area contributed by atoms with Crippen LogP contribution in [0.4, 0.5) is 0 Å². The van der Waals surface area contributed by atoms with Gasteiger partial charge in [-0.25, -0.2) is 4.98 Å². The van der Waals surface area contributed by atoms with E-state index in [1.54, 1.807) is 11.8 Å². The number of carbonyl (C=O) groups excluding carboxylic acids is 1. The van der Waals surface area contributed by atoms with Crippen LogP contribution in [0.1, 0.15) is 31.5 Å². The van der Waals surface area contributed by atoms with Crippen molar-refractivity contribution in [2.24, 2.45) is 5.92 Å². The van der Waals surface area contributed by atoms with Crippen LogP contribution >= 0.6 is 11.8 Å². The molecular formula is C18H23N3O3S. The third kappa shape index (κ3) is 4.15. The zero-order valence-corrected chi connectivity index (χ0v) is 15.1. The van der Waals surface area contributed by atoms with Crippen LogP contribution in [0.3, 0.4) is 0 Å². The Labute approximate surface area is 151 Å². The lowest BCUT2D eigenvalue weighted by Crippen LogP contribution is -2.40. The van der Waals surface area contributed by atoms with E-state index in [-0.39, 0.29) is 24.4 Å². The molecule has 0 aliphatic heterocycles. The van der Waals surface area contributed by atoms with Gasteiger partial charge in [-0.1, -0.05) is 12.1 Å². The summed E-state index contributed by atoms with van der Waals surface area (Å²) in [6.45, 7) is 0.245. The first kappa shape index (κ1) is 17.8. The summed E-state index contributed by atoms with van der Waals surface area (Å²) in [6, 6.07) is 7.91. The highest BCUT2D eigenvalue weighted by molar-refractivity contribution is 7.97. The van der Waals surface area contributed by atoms with Crippen molar-refractivity contribution in [2.45, 2.75) is 44.0 Å². The number of fused-ring (bicyclic) bond motifs is 1. The van der Waals surface area contributed by atoms with Gasteiger partial charge in [-0.2, -0.15) is 11.8 Å². The lowest BCUT2D eigenvalue weighted by molar-refractivity contribution is -0.142. The Bertz CT molecular complexity index is 766. The maximum atomic E-state index is 12.5. The zero-order valence-electron chi connectivity index (χ0n) is 14.3. The molecular weight excluding hydrogens is 338 g/mol. The van der Waals surface area contributed by atoms with Crippen molar-refractivity contribution < 1.29 is 14.7 Å². The number of rotatable bonds is 6. The average molecular weight is 361 g/mol. The molecule has 0 unspecified atom stereocenters. The molecule has 2 aromatic rings. The summed E-state index contributed by atoms with van der Waals surface area (Å²) in [5, 5.41) is 12.1. The minimum absolute atomic E-state index is 0.0377. The van der Waals surface area contributed by atoms with Crippen molar-refractivity contribution in [3.8, 4) is 0 Å². The Morgan fingerprint density at radius 3 is 2.68 bits per heavy atom. The molecule has 7 heteroatoms. The second-order valence-corrected chi connectivity index (χ2v) is 7.36. The van der Waals surface area contributed by atoms with Gasteiger partial charge in [-0.15, -0.1) is 0 Å². The highest BCUT2D eigenvalue weighted by Gasteiger charge is 2.26. The maximum absolute atomic E-state index is 12.5. The molecule has 0 spiro atoms. The van der Waals surface area contributed by atoms with Crippen LogP contribution in [0.5, 0.6) is 0 Å². The number of aromatic nitrogens is 2. The number of amides is 1. The third-order valence-corrected chi connectivity index (χ3v) is 5.30. The molecule has 1 fully saturated rings. The fraction of sp³-hybridized carbons (Fsp3) is 0.500. The van der Waals surface area contributed by atoms with Gasteiger partial charge >= 0.3 is 5.97 Å². The molecule has 1 aromatic heterocycles. The second-order valence-electron chi connectivity index (χ2n) is 6.49. The smallest absolute Gasteiger partial charge is 0.306 e. The minimum atomic E-state index is -0.726. The summed E-state index contributed by atoms with van der Waals surface area (Å²) in [5.41, 5.74) is 1.87. The van der Waals surface area contributed by atoms with Crippen molar-refractivity contribution >= 4 is 34.7 Å². The van der Waals surface area contributed by atoms with E-state index in [0.29, 0.717) is 12.8 Å². The van der Waals surface area contributed by atoms with E-state index >= 15 is 0 Å². The molecule has 3 rings (SSSR count). The van der Waals surface area contributed by atoms with Crippen LogP contribution in [0, 0.1) is 5.92 Å². The van der Waals surface area contributed by atoms with Gasteiger partial charge in [-0.3, -0.25) is 9.59 Å². The number of aliphatic carboxylic acids is 1. The number of imidazole rings is 1. The number of carboxylic acid groups (broad SMARTS) is 1. The summed E-state index contributed by atoms with van der Waals surface area (Å²) in [7, 11) is 0. The van der Waals surface area contributed by atoms with E-state index in [4.69, 9.17) is 5.11 Å². The molecule has 25 heavy (non-hydrogen) atoms. The Morgan fingerprint density at radius 1 is 1.28 bits per heavy atom. The van der Waals surface area contributed by atoms with Gasteiger partial charge in [0, 0.05) is 6.04 Å². The SMILES string of the molecule is CSCc1nc2ccccc2n1CC(=O)NC1CCC(C(=O)O)CC1. The second kappa shape index (κ2) is 7.91. The first-order chi connectivity index (χ1) is 12.1. The summed E-state index contributed by atoms with van der Waals surface area (Å²) in [4.78, 5) is 28.2. The number of thioether (sulfide) groups is 1. The van der Waals surface area contributed by atoms with Crippen LogP contribution in [0.25, 0.3) is 11.0 Å². The van der Waals surface area contributed by atoms with Gasteiger partial charge in [0.05, 0.1) is 22.7 Å². The zero-order chi connectivity index (χ0) is 17.8. The lowest BCUT2D eigenvalue weighted by Gasteiger charge is -2.27. The molecule has 1 aromatic carbocycles. The van der Waals surface area contributed by atoms with E-state index in [2.05, 4.69) is 10.3 Å². The van der Waals surface area contributed by atoms with Gasteiger partial charge in [0.1, 0.15) is 12.4 Å². The normalized spacial score (nSPS) is 20.5. The average Bonchev–Trinajstić information content (AvgIpc) is 2.93. The Balaban J connectivity index is 1.66. The predicted molar refractivity (Wildman–Crippen MR) is 98.5 cm³/mol. The van der Waals surface area contributed by atoms with Crippen molar-refractivity contribution in [3.63, 3.8) is 0 Å². The standard InChI is InChI=1S/C18H23N3O3S/c1-25-11-16-20-14-4-2-3-5-15(14)21(16)10-17(22)19-13-8-6-12(7-9-13)18(23)24/h2-5,12-13H,6-11H2,1H3,(H,19,22)(H,23,24). The summed E-state index contributed by atoms with van der Waals surface area (Å²) in [6.07, 6.45) is 4.73. The molecule has 6 nitrogen and oxygen atoms in total. The van der Waals surface area contributed by atoms with Crippen molar-refractivity contribution in [1.29, 1.82) is 0 Å². The van der Waals surface area contributed by atoms with Gasteiger partial charge in [-0.05, 0) is 44.1 Å². The van der Waals surface area contributed by atoms with Gasteiger partial charge in [0.2, 0.25) is 5.91 Å². The Morgan fingerprint density at radius 2 is 2.00 bits per heavy atom. The molecule has 1 aliphatic rings. The van der Waals surface area contributed by atoms with Crippen LogP contribution in [0.2, 0.25) is 0 Å². The molecule has 0 radical (unpaired) electrons. The molecule has 134 valence electrons. The highest BCUT2D eigenvalue weighted by atomic mass is 32.2. The predicted octanol–water partition coefficient (Wildman–Crippen LogP) is 2.66. The number of carboxylic acids is 1. The van der Waals surface area contributed by atoms with Crippen LogP contribution in [0.15, 0.2) is 24.3 Å². The third-order valence-electron chi connectivity index (χ3n) is 4.75. The van der Waals surface area contributed by atoms with Crippen molar-refractivity contribution in [3.05, 3.63) is 30.1 Å². The quantitative estimate of drug-likeness (QED) is 0.826. The molecule has 0 bridgehead atoms. The van der Waals surface area contributed by atoms with Crippen molar-refractivity contribution in [2.75, 3.05) is 6.26 Å². The molecule has 1 aliphatic carbocycles. The monoisotopic (exact) mass is 361 g/mol. The molecule has 0 saturated heterocycles. The first-order valence-electron chi connectivity index (χ1n) is 8.53.